The molecule has 4 fully saturated rings. The maximum atomic E-state index is 17.1. The third-order valence-electron chi connectivity index (χ3n) is 10.9. The highest BCUT2D eigenvalue weighted by Crippen LogP contribution is 2.46. The van der Waals surface area contributed by atoms with Crippen molar-refractivity contribution in [3.63, 3.8) is 0 Å². The van der Waals surface area contributed by atoms with Gasteiger partial charge in [0.25, 0.3) is 0 Å². The van der Waals surface area contributed by atoms with Crippen LogP contribution in [0.1, 0.15) is 44.6 Å². The van der Waals surface area contributed by atoms with Crippen LogP contribution in [0.2, 0.25) is 0 Å². The Morgan fingerprint density at radius 1 is 1.17 bits per heavy atom. The van der Waals surface area contributed by atoms with E-state index in [0.717, 1.165) is 37.8 Å². The van der Waals surface area contributed by atoms with Gasteiger partial charge in [-0.1, -0.05) is 30.2 Å². The van der Waals surface area contributed by atoms with E-state index in [0.29, 0.717) is 53.4 Å². The summed E-state index contributed by atoms with van der Waals surface area (Å²) in [7, 11) is 0. The Morgan fingerprint density at radius 2 is 2.06 bits per heavy atom. The van der Waals surface area contributed by atoms with Gasteiger partial charge in [-0.2, -0.15) is 9.97 Å². The SMILES string of the molecule is C#Cc1c(F)ccc2cccc(-c3nc4c5c(nc(OCC67CCCN6CC(=CF)C7)nc5c3F)N3C[C@H]5CC[C@H](N5)[C@H]3[C@@H](C)O4)c12. The van der Waals surface area contributed by atoms with Crippen molar-refractivity contribution in [1.29, 1.82) is 0 Å². The molecule has 8 nitrogen and oxygen atoms in total. The van der Waals surface area contributed by atoms with Crippen molar-refractivity contribution in [2.45, 2.75) is 68.8 Å². The second-order valence-corrected chi connectivity index (χ2v) is 13.6. The van der Waals surface area contributed by atoms with Crippen molar-refractivity contribution in [2.24, 2.45) is 0 Å². The lowest BCUT2D eigenvalue weighted by atomic mass is 9.94. The molecular weight excluding hydrogens is 605 g/mol. The topological polar surface area (TPSA) is 75.6 Å². The summed E-state index contributed by atoms with van der Waals surface area (Å²) in [4.78, 5) is 18.9. The zero-order valence-corrected chi connectivity index (χ0v) is 25.9. The normalized spacial score (nSPS) is 28.7. The highest BCUT2D eigenvalue weighted by Gasteiger charge is 2.49. The molecule has 2 aromatic carbocycles. The summed E-state index contributed by atoms with van der Waals surface area (Å²) in [6.07, 6.45) is 10.6. The van der Waals surface area contributed by atoms with E-state index >= 15 is 4.39 Å². The number of rotatable bonds is 4. The zero-order chi connectivity index (χ0) is 32.0. The van der Waals surface area contributed by atoms with Crippen molar-refractivity contribution >= 4 is 27.5 Å². The summed E-state index contributed by atoms with van der Waals surface area (Å²) in [5.74, 6) is 1.91. The third kappa shape index (κ3) is 4.27. The third-order valence-corrected chi connectivity index (χ3v) is 10.9. The molecule has 4 aromatic rings. The number of aromatic nitrogens is 3. The summed E-state index contributed by atoms with van der Waals surface area (Å²) in [5, 5.41) is 5.14. The minimum absolute atomic E-state index is 0.0101. The standard InChI is InChI=1S/C36H33F3N6O2/c1-3-23-25(38)10-8-21-6-4-7-24(27(21)23)30-29(39)31-28-33(45-17-22-9-11-26(40-22)32(45)19(2)47-34(28)41-30)43-35(42-31)46-18-36-12-5-13-44(36)16-20(14-36)15-37/h1,4,6-8,10,15,19,22,26,32,40H,5,9,11-14,16-18H2,2H3/t19-,22-,26+,32-,36?/m1/s1. The van der Waals surface area contributed by atoms with Gasteiger partial charge in [0.2, 0.25) is 5.88 Å². The van der Waals surface area contributed by atoms with Crippen LogP contribution < -0.4 is 19.7 Å². The molecule has 1 unspecified atom stereocenters. The average molecular weight is 639 g/mol. The number of nitrogens with one attached hydrogen (secondary N) is 1. The fourth-order valence-corrected chi connectivity index (χ4v) is 8.88. The van der Waals surface area contributed by atoms with E-state index in [1.54, 1.807) is 24.3 Å². The predicted molar refractivity (Wildman–Crippen MR) is 172 cm³/mol. The van der Waals surface area contributed by atoms with E-state index in [9.17, 15) is 8.78 Å². The molecule has 11 heteroatoms. The summed E-state index contributed by atoms with van der Waals surface area (Å²) < 4.78 is 58.6. The average Bonchev–Trinajstić information content (AvgIpc) is 3.74. The smallest absolute Gasteiger partial charge is 0.319 e. The minimum Gasteiger partial charge on any atom is -0.472 e. The van der Waals surface area contributed by atoms with E-state index in [4.69, 9.17) is 25.9 Å². The van der Waals surface area contributed by atoms with Gasteiger partial charge in [-0.15, -0.1) is 6.42 Å². The van der Waals surface area contributed by atoms with Gasteiger partial charge in [0, 0.05) is 36.1 Å². The van der Waals surface area contributed by atoms with E-state index in [1.807, 2.05) is 6.92 Å². The number of anilines is 1. The second-order valence-electron chi connectivity index (χ2n) is 13.6. The van der Waals surface area contributed by atoms with Crippen LogP contribution in [-0.4, -0.2) is 75.9 Å². The van der Waals surface area contributed by atoms with Crippen molar-refractivity contribution in [2.75, 3.05) is 31.1 Å². The minimum atomic E-state index is -0.700. The van der Waals surface area contributed by atoms with Crippen molar-refractivity contribution in [3.8, 4) is 35.5 Å². The van der Waals surface area contributed by atoms with Crippen LogP contribution in [-0.2, 0) is 0 Å². The van der Waals surface area contributed by atoms with E-state index < -0.39 is 11.6 Å². The quantitative estimate of drug-likeness (QED) is 0.287. The molecule has 7 heterocycles. The number of hydrogen-bond acceptors (Lipinski definition) is 8. The van der Waals surface area contributed by atoms with E-state index in [2.05, 4.69) is 26.0 Å². The van der Waals surface area contributed by atoms with Crippen LogP contribution in [0.4, 0.5) is 19.0 Å². The Bertz CT molecular complexity index is 2050. The molecule has 9 rings (SSSR count). The molecule has 5 atom stereocenters. The first-order chi connectivity index (χ1) is 22.9. The van der Waals surface area contributed by atoms with Gasteiger partial charge in [0.1, 0.15) is 40.9 Å². The molecule has 4 saturated heterocycles. The van der Waals surface area contributed by atoms with Crippen molar-refractivity contribution in [3.05, 3.63) is 59.4 Å². The summed E-state index contributed by atoms with van der Waals surface area (Å²) in [5.41, 5.74) is 0.722. The lowest BCUT2D eigenvalue weighted by molar-refractivity contribution is 0.108. The maximum Gasteiger partial charge on any atom is 0.319 e. The zero-order valence-electron chi connectivity index (χ0n) is 25.9. The molecule has 5 aliphatic heterocycles. The molecule has 0 radical (unpaired) electrons. The van der Waals surface area contributed by atoms with Crippen LogP contribution in [0.5, 0.6) is 11.9 Å². The highest BCUT2D eigenvalue weighted by atomic mass is 19.1. The molecule has 2 aromatic heterocycles. The number of hydrogen-bond donors (Lipinski definition) is 1. The Hall–Kier alpha value is -4.40. The summed E-state index contributed by atoms with van der Waals surface area (Å²) in [6, 6.07) is 8.56. The van der Waals surface area contributed by atoms with Gasteiger partial charge in [0.15, 0.2) is 5.82 Å². The number of fused-ring (bicyclic) bond motifs is 7. The molecule has 1 N–H and O–H groups in total. The number of piperazine rings is 1. The molecular formula is C36H33F3N6O2. The second kappa shape index (κ2) is 10.6. The van der Waals surface area contributed by atoms with Gasteiger partial charge in [0.05, 0.1) is 23.5 Å². The van der Waals surface area contributed by atoms with Crippen LogP contribution in [0.25, 0.3) is 32.9 Å². The van der Waals surface area contributed by atoms with E-state index in [-0.39, 0.29) is 65.0 Å². The molecule has 0 aliphatic carbocycles. The Morgan fingerprint density at radius 3 is 2.91 bits per heavy atom. The van der Waals surface area contributed by atoms with Gasteiger partial charge >= 0.3 is 6.01 Å². The fourth-order valence-electron chi connectivity index (χ4n) is 8.88. The van der Waals surface area contributed by atoms with Gasteiger partial charge < -0.3 is 19.7 Å². The number of nitrogens with zero attached hydrogens (tertiary/aromatic N) is 5. The largest absolute Gasteiger partial charge is 0.472 e. The summed E-state index contributed by atoms with van der Waals surface area (Å²) >= 11 is 0. The predicted octanol–water partition coefficient (Wildman–Crippen LogP) is 5.67. The highest BCUT2D eigenvalue weighted by molar-refractivity contribution is 6.03. The number of ether oxygens (including phenoxy) is 2. The first-order valence-corrected chi connectivity index (χ1v) is 16.3. The first kappa shape index (κ1) is 28.8. The van der Waals surface area contributed by atoms with Crippen LogP contribution in [0.3, 0.4) is 0 Å². The van der Waals surface area contributed by atoms with Gasteiger partial charge in [-0.3, -0.25) is 4.90 Å². The Kier molecular flexibility index (Phi) is 6.47. The molecule has 0 spiro atoms. The Labute approximate surface area is 270 Å². The molecule has 5 aliphatic rings. The lowest BCUT2D eigenvalue weighted by Gasteiger charge is -2.42. The number of pyridine rings is 1. The molecule has 2 bridgehead atoms. The van der Waals surface area contributed by atoms with Gasteiger partial charge in [-0.25, -0.2) is 18.2 Å². The van der Waals surface area contributed by atoms with Crippen LogP contribution in [0.15, 0.2) is 42.2 Å². The van der Waals surface area contributed by atoms with Crippen LogP contribution in [0, 0.1) is 24.0 Å². The number of terminal acetylenes is 1. The van der Waals surface area contributed by atoms with E-state index in [1.165, 1.54) is 6.07 Å². The first-order valence-electron chi connectivity index (χ1n) is 16.3. The summed E-state index contributed by atoms with van der Waals surface area (Å²) in [6.45, 7) is 4.35. The monoisotopic (exact) mass is 638 g/mol. The Balaban J connectivity index is 1.24. The molecule has 47 heavy (non-hydrogen) atoms. The molecule has 240 valence electrons. The number of benzene rings is 2. The van der Waals surface area contributed by atoms with Crippen molar-refractivity contribution in [1.82, 2.24) is 25.2 Å². The van der Waals surface area contributed by atoms with Crippen molar-refractivity contribution < 1.29 is 22.6 Å². The maximum absolute atomic E-state index is 17.1. The fraction of sp³-hybridized carbons (Fsp3) is 0.417. The van der Waals surface area contributed by atoms with Gasteiger partial charge in [-0.05, 0) is 62.6 Å². The molecule has 0 saturated carbocycles. The molecule has 0 amide bonds. The lowest BCUT2D eigenvalue weighted by Crippen LogP contribution is -2.62. The number of halogens is 3. The van der Waals surface area contributed by atoms with Crippen LogP contribution >= 0.6 is 0 Å².